The van der Waals surface area contributed by atoms with E-state index in [1.54, 1.807) is 24.3 Å². The van der Waals surface area contributed by atoms with Crippen LogP contribution in [0.1, 0.15) is 20.8 Å². The summed E-state index contributed by atoms with van der Waals surface area (Å²) in [7, 11) is -3.72. The number of hydrogen-bond donors (Lipinski definition) is 2. The molecule has 0 aliphatic heterocycles. The maximum absolute atomic E-state index is 12.4. The normalized spacial score (nSPS) is 11.2. The molecule has 0 unspecified atom stereocenters. The summed E-state index contributed by atoms with van der Waals surface area (Å²) in [4.78, 5) is 11.1. The van der Waals surface area contributed by atoms with Gasteiger partial charge in [0.05, 0.1) is 16.7 Å². The van der Waals surface area contributed by atoms with Crippen LogP contribution in [0, 0.1) is 0 Å². The van der Waals surface area contributed by atoms with Crippen LogP contribution in [-0.4, -0.2) is 20.4 Å². The fourth-order valence-electron chi connectivity index (χ4n) is 2.04. The molecule has 0 bridgehead atoms. The van der Waals surface area contributed by atoms with E-state index in [0.717, 1.165) is 0 Å². The number of anilines is 2. The van der Waals surface area contributed by atoms with Gasteiger partial charge in [0, 0.05) is 18.7 Å². The van der Waals surface area contributed by atoms with Crippen molar-refractivity contribution in [3.63, 3.8) is 0 Å². The Bertz CT molecular complexity index is 815. The Hall–Kier alpha value is -2.54. The summed E-state index contributed by atoms with van der Waals surface area (Å²) in [6, 6.07) is 12.7. The van der Waals surface area contributed by atoms with E-state index in [9.17, 15) is 13.2 Å². The average molecular weight is 348 g/mol. The smallest absolute Gasteiger partial charge is 0.261 e. The van der Waals surface area contributed by atoms with Crippen LogP contribution in [0.25, 0.3) is 0 Å². The SMILES string of the molecule is CC(=O)Nc1ccc(S(=O)(=O)Nc2cccc(OC(C)C)c2)cc1. The Labute approximate surface area is 141 Å². The monoisotopic (exact) mass is 348 g/mol. The van der Waals surface area contributed by atoms with E-state index in [1.165, 1.54) is 31.2 Å². The van der Waals surface area contributed by atoms with Crippen molar-refractivity contribution >= 4 is 27.3 Å². The first-order valence-corrected chi connectivity index (χ1v) is 8.92. The van der Waals surface area contributed by atoms with Gasteiger partial charge in [0.1, 0.15) is 5.75 Å². The van der Waals surface area contributed by atoms with Crippen LogP contribution in [0.2, 0.25) is 0 Å². The molecule has 0 spiro atoms. The molecule has 128 valence electrons. The Morgan fingerprint density at radius 2 is 1.71 bits per heavy atom. The lowest BCUT2D eigenvalue weighted by Gasteiger charge is -2.12. The van der Waals surface area contributed by atoms with Gasteiger partial charge in [0.15, 0.2) is 0 Å². The van der Waals surface area contributed by atoms with Gasteiger partial charge < -0.3 is 10.1 Å². The first-order valence-electron chi connectivity index (χ1n) is 7.43. The van der Waals surface area contributed by atoms with Crippen molar-refractivity contribution < 1.29 is 17.9 Å². The highest BCUT2D eigenvalue weighted by molar-refractivity contribution is 7.92. The Kier molecular flexibility index (Phi) is 5.46. The third-order valence-corrected chi connectivity index (χ3v) is 4.34. The fraction of sp³-hybridized carbons (Fsp3) is 0.235. The van der Waals surface area contributed by atoms with Gasteiger partial charge in [-0.15, -0.1) is 0 Å². The summed E-state index contributed by atoms with van der Waals surface area (Å²) in [5.41, 5.74) is 0.952. The zero-order valence-electron chi connectivity index (χ0n) is 13.7. The molecule has 2 N–H and O–H groups in total. The second-order valence-electron chi connectivity index (χ2n) is 5.51. The molecule has 24 heavy (non-hydrogen) atoms. The molecule has 7 heteroatoms. The second-order valence-corrected chi connectivity index (χ2v) is 7.19. The summed E-state index contributed by atoms with van der Waals surface area (Å²) < 4.78 is 32.9. The first kappa shape index (κ1) is 17.8. The number of amides is 1. The van der Waals surface area contributed by atoms with E-state index in [2.05, 4.69) is 10.0 Å². The van der Waals surface area contributed by atoms with Gasteiger partial charge in [-0.3, -0.25) is 9.52 Å². The minimum Gasteiger partial charge on any atom is -0.491 e. The van der Waals surface area contributed by atoms with Gasteiger partial charge in [0.2, 0.25) is 5.91 Å². The number of sulfonamides is 1. The second kappa shape index (κ2) is 7.35. The third kappa shape index (κ3) is 4.99. The van der Waals surface area contributed by atoms with E-state index >= 15 is 0 Å². The van der Waals surface area contributed by atoms with Gasteiger partial charge >= 0.3 is 0 Å². The molecule has 2 rings (SSSR count). The molecular formula is C17H20N2O4S. The third-order valence-electron chi connectivity index (χ3n) is 2.94. The Balaban J connectivity index is 2.17. The maximum Gasteiger partial charge on any atom is 0.261 e. The van der Waals surface area contributed by atoms with E-state index in [4.69, 9.17) is 4.74 Å². The Morgan fingerprint density at radius 1 is 1.04 bits per heavy atom. The molecule has 0 fully saturated rings. The van der Waals surface area contributed by atoms with Crippen LogP contribution in [0.5, 0.6) is 5.75 Å². The highest BCUT2D eigenvalue weighted by Crippen LogP contribution is 2.22. The van der Waals surface area contributed by atoms with Crippen LogP contribution in [0.15, 0.2) is 53.4 Å². The predicted molar refractivity (Wildman–Crippen MR) is 93.8 cm³/mol. The van der Waals surface area contributed by atoms with Crippen molar-refractivity contribution in [2.75, 3.05) is 10.0 Å². The van der Waals surface area contributed by atoms with E-state index in [0.29, 0.717) is 17.1 Å². The van der Waals surface area contributed by atoms with Crippen molar-refractivity contribution in [2.24, 2.45) is 0 Å². The summed E-state index contributed by atoms with van der Waals surface area (Å²) in [5.74, 6) is 0.372. The van der Waals surface area contributed by atoms with Crippen molar-refractivity contribution in [3.05, 3.63) is 48.5 Å². The molecule has 6 nitrogen and oxygen atoms in total. The molecule has 1 amide bonds. The van der Waals surface area contributed by atoms with Crippen molar-refractivity contribution in [1.29, 1.82) is 0 Å². The number of nitrogens with one attached hydrogen (secondary N) is 2. The predicted octanol–water partition coefficient (Wildman–Crippen LogP) is 3.23. The first-order chi connectivity index (χ1) is 11.3. The van der Waals surface area contributed by atoms with E-state index in [-0.39, 0.29) is 16.9 Å². The number of carbonyl (C=O) groups is 1. The van der Waals surface area contributed by atoms with Gasteiger partial charge in [-0.05, 0) is 50.2 Å². The van der Waals surface area contributed by atoms with Gasteiger partial charge in [-0.25, -0.2) is 8.42 Å². The topological polar surface area (TPSA) is 84.5 Å². The number of carbonyl (C=O) groups excluding carboxylic acids is 1. The zero-order valence-corrected chi connectivity index (χ0v) is 14.6. The van der Waals surface area contributed by atoms with Gasteiger partial charge in [-0.2, -0.15) is 0 Å². The molecule has 0 heterocycles. The fourth-order valence-corrected chi connectivity index (χ4v) is 3.09. The standard InChI is InChI=1S/C17H20N2O4S/c1-12(2)23-16-6-4-5-15(11-16)19-24(21,22)17-9-7-14(8-10-17)18-13(3)20/h4-12,19H,1-3H3,(H,18,20). The lowest BCUT2D eigenvalue weighted by molar-refractivity contribution is -0.114. The molecule has 0 aliphatic rings. The molecular weight excluding hydrogens is 328 g/mol. The van der Waals surface area contributed by atoms with Crippen molar-refractivity contribution in [1.82, 2.24) is 0 Å². The van der Waals surface area contributed by atoms with E-state index in [1.807, 2.05) is 13.8 Å². The Morgan fingerprint density at radius 3 is 2.29 bits per heavy atom. The molecule has 2 aromatic rings. The average Bonchev–Trinajstić information content (AvgIpc) is 2.46. The van der Waals surface area contributed by atoms with Crippen LogP contribution in [-0.2, 0) is 14.8 Å². The zero-order chi connectivity index (χ0) is 17.7. The van der Waals surface area contributed by atoms with Crippen LogP contribution >= 0.6 is 0 Å². The molecule has 2 aromatic carbocycles. The summed E-state index contributed by atoms with van der Waals surface area (Å²) >= 11 is 0. The summed E-state index contributed by atoms with van der Waals surface area (Å²) in [6.07, 6.45) is -0.00169. The number of benzene rings is 2. The highest BCUT2D eigenvalue weighted by Gasteiger charge is 2.14. The van der Waals surface area contributed by atoms with Gasteiger partial charge in [-0.1, -0.05) is 6.07 Å². The molecule has 0 saturated carbocycles. The quantitative estimate of drug-likeness (QED) is 0.839. The minimum atomic E-state index is -3.72. The maximum atomic E-state index is 12.4. The number of rotatable bonds is 6. The number of ether oxygens (including phenoxy) is 1. The lowest BCUT2D eigenvalue weighted by Crippen LogP contribution is -2.13. The van der Waals surface area contributed by atoms with Crippen molar-refractivity contribution in [3.8, 4) is 5.75 Å². The minimum absolute atomic E-state index is 0.00169. The van der Waals surface area contributed by atoms with Crippen LogP contribution in [0.3, 0.4) is 0 Å². The van der Waals surface area contributed by atoms with Crippen molar-refractivity contribution in [2.45, 2.75) is 31.8 Å². The summed E-state index contributed by atoms with van der Waals surface area (Å²) in [5, 5.41) is 2.59. The number of hydrogen-bond acceptors (Lipinski definition) is 4. The van der Waals surface area contributed by atoms with E-state index < -0.39 is 10.0 Å². The molecule has 0 aromatic heterocycles. The molecule has 0 radical (unpaired) electrons. The molecule has 0 aliphatic carbocycles. The highest BCUT2D eigenvalue weighted by atomic mass is 32.2. The van der Waals surface area contributed by atoms with Crippen LogP contribution < -0.4 is 14.8 Å². The summed E-state index contributed by atoms with van der Waals surface area (Å²) in [6.45, 7) is 5.18. The van der Waals surface area contributed by atoms with Crippen LogP contribution in [0.4, 0.5) is 11.4 Å². The largest absolute Gasteiger partial charge is 0.491 e. The lowest BCUT2D eigenvalue weighted by atomic mass is 10.3. The van der Waals surface area contributed by atoms with Gasteiger partial charge in [0.25, 0.3) is 10.0 Å². The molecule has 0 atom stereocenters. The molecule has 0 saturated heterocycles.